The number of nitrogens with zero attached hydrogens (tertiary/aromatic N) is 1. The van der Waals surface area contributed by atoms with Crippen molar-refractivity contribution in [2.24, 2.45) is 0 Å². The van der Waals surface area contributed by atoms with Crippen LogP contribution in [0, 0.1) is 10.1 Å². The molecule has 0 aliphatic heterocycles. The van der Waals surface area contributed by atoms with E-state index in [4.69, 9.17) is 4.74 Å². The number of nitrogens with one attached hydrogen (secondary N) is 1. The lowest BCUT2D eigenvalue weighted by Crippen LogP contribution is -2.20. The molecule has 3 aromatic carbocycles. The van der Waals surface area contributed by atoms with Gasteiger partial charge >= 0.3 is 0 Å². The van der Waals surface area contributed by atoms with E-state index < -0.39 is 10.8 Å². The first-order valence-electron chi connectivity index (χ1n) is 7.83. The lowest BCUT2D eigenvalue weighted by atomic mass is 10.0. The Hall–Kier alpha value is -3.26. The summed E-state index contributed by atoms with van der Waals surface area (Å²) in [4.78, 5) is 33.8. The number of hydrogen-bond acceptors (Lipinski definition) is 5. The van der Waals surface area contributed by atoms with E-state index in [1.807, 2.05) is 24.3 Å². The zero-order valence-electron chi connectivity index (χ0n) is 13.8. The van der Waals surface area contributed by atoms with Crippen molar-refractivity contribution in [3.63, 3.8) is 0 Å². The molecule has 0 radical (unpaired) electrons. The summed E-state index contributed by atoms with van der Waals surface area (Å²) >= 11 is 3.18. The van der Waals surface area contributed by atoms with Crippen molar-refractivity contribution in [1.82, 2.24) is 0 Å². The number of ether oxygens (including phenoxy) is 1. The van der Waals surface area contributed by atoms with Gasteiger partial charge in [0.1, 0.15) is 5.75 Å². The van der Waals surface area contributed by atoms with E-state index in [-0.39, 0.29) is 12.3 Å². The number of halogens is 1. The second-order valence-electron chi connectivity index (χ2n) is 5.57. The van der Waals surface area contributed by atoms with Crippen LogP contribution in [-0.4, -0.2) is 23.7 Å². The number of nitro benzene ring substituents is 1. The number of hydrogen-bond donors (Lipinski definition) is 1. The number of aldehydes is 1. The first kappa shape index (κ1) is 18.5. The molecule has 0 aliphatic carbocycles. The van der Waals surface area contributed by atoms with Gasteiger partial charge in [0.25, 0.3) is 11.6 Å². The molecule has 1 amide bonds. The van der Waals surface area contributed by atoms with Crippen LogP contribution in [0.15, 0.2) is 59.1 Å². The number of rotatable bonds is 6. The van der Waals surface area contributed by atoms with Crippen LogP contribution in [0.1, 0.15) is 10.4 Å². The molecule has 0 bridgehead atoms. The molecule has 1 N–H and O–H groups in total. The Morgan fingerprint density at radius 2 is 1.96 bits per heavy atom. The molecule has 0 unspecified atom stereocenters. The van der Waals surface area contributed by atoms with Crippen LogP contribution in [0.3, 0.4) is 0 Å². The van der Waals surface area contributed by atoms with Crippen LogP contribution in [0.4, 0.5) is 11.4 Å². The highest BCUT2D eigenvalue weighted by molar-refractivity contribution is 9.10. The number of non-ortho nitro benzene ring substituents is 1. The van der Waals surface area contributed by atoms with Crippen molar-refractivity contribution in [3.05, 3.63) is 74.7 Å². The first-order chi connectivity index (χ1) is 13.0. The van der Waals surface area contributed by atoms with Crippen molar-refractivity contribution in [2.75, 3.05) is 11.9 Å². The molecule has 0 saturated heterocycles. The monoisotopic (exact) mass is 428 g/mol. The number of carbonyl (C=O) groups is 2. The molecule has 0 aliphatic rings. The topological polar surface area (TPSA) is 98.5 Å². The minimum atomic E-state index is -0.528. The van der Waals surface area contributed by atoms with Crippen molar-refractivity contribution in [2.45, 2.75) is 0 Å². The van der Waals surface area contributed by atoms with Crippen molar-refractivity contribution < 1.29 is 19.2 Å². The van der Waals surface area contributed by atoms with E-state index in [0.29, 0.717) is 27.8 Å². The van der Waals surface area contributed by atoms with Crippen LogP contribution in [-0.2, 0) is 4.79 Å². The molecule has 0 atom stereocenters. The van der Waals surface area contributed by atoms with E-state index in [2.05, 4.69) is 21.2 Å². The fourth-order valence-electron chi connectivity index (χ4n) is 2.57. The van der Waals surface area contributed by atoms with Gasteiger partial charge in [0.2, 0.25) is 0 Å². The highest BCUT2D eigenvalue weighted by Gasteiger charge is 2.13. The molecule has 0 heterocycles. The molecule has 8 heteroatoms. The number of amides is 1. The van der Waals surface area contributed by atoms with Gasteiger partial charge in [-0.05, 0) is 38.8 Å². The average Bonchev–Trinajstić information content (AvgIpc) is 2.67. The summed E-state index contributed by atoms with van der Waals surface area (Å²) in [5, 5.41) is 15.0. The SMILES string of the molecule is O=Cc1c(OCC(=O)Nc2ccc([N+](=O)[O-])cc2Br)ccc2ccccc12. The van der Waals surface area contributed by atoms with Crippen LogP contribution in [0.25, 0.3) is 10.8 Å². The normalized spacial score (nSPS) is 10.4. The Bertz CT molecular complexity index is 1050. The smallest absolute Gasteiger partial charge is 0.270 e. The molecule has 0 aromatic heterocycles. The van der Waals surface area contributed by atoms with Gasteiger partial charge in [-0.25, -0.2) is 0 Å². The first-order valence-corrected chi connectivity index (χ1v) is 8.62. The third-order valence-corrected chi connectivity index (χ3v) is 4.50. The summed E-state index contributed by atoms with van der Waals surface area (Å²) in [5.74, 6) is -0.156. The van der Waals surface area contributed by atoms with Gasteiger partial charge in [-0.3, -0.25) is 19.7 Å². The number of nitro groups is 1. The van der Waals surface area contributed by atoms with Gasteiger partial charge < -0.3 is 10.1 Å². The molecule has 0 fully saturated rings. The van der Waals surface area contributed by atoms with Crippen LogP contribution in [0.2, 0.25) is 0 Å². The Morgan fingerprint density at radius 3 is 2.67 bits per heavy atom. The maximum Gasteiger partial charge on any atom is 0.270 e. The molecule has 0 spiro atoms. The molecule has 7 nitrogen and oxygen atoms in total. The second kappa shape index (κ2) is 7.96. The van der Waals surface area contributed by atoms with Crippen LogP contribution in [0.5, 0.6) is 5.75 Å². The molecule has 0 saturated carbocycles. The Labute approximate surface area is 162 Å². The van der Waals surface area contributed by atoms with Crippen molar-refractivity contribution >= 4 is 50.3 Å². The van der Waals surface area contributed by atoms with Gasteiger partial charge in [0, 0.05) is 16.6 Å². The minimum absolute atomic E-state index is 0.0945. The van der Waals surface area contributed by atoms with Crippen molar-refractivity contribution in [3.8, 4) is 5.75 Å². The summed E-state index contributed by atoms with van der Waals surface area (Å²) in [6, 6.07) is 14.8. The van der Waals surface area contributed by atoms with E-state index >= 15 is 0 Å². The zero-order valence-corrected chi connectivity index (χ0v) is 15.4. The van der Waals surface area contributed by atoms with Crippen LogP contribution >= 0.6 is 15.9 Å². The molecule has 136 valence electrons. The summed E-state index contributed by atoms with van der Waals surface area (Å²) in [6.07, 6.45) is 0.697. The van der Waals surface area contributed by atoms with Gasteiger partial charge in [-0.15, -0.1) is 0 Å². The number of carbonyl (C=O) groups excluding carboxylic acids is 2. The molecule has 27 heavy (non-hydrogen) atoms. The quantitative estimate of drug-likeness (QED) is 0.357. The Balaban J connectivity index is 1.72. The van der Waals surface area contributed by atoms with E-state index in [0.717, 1.165) is 10.8 Å². The fourth-order valence-corrected chi connectivity index (χ4v) is 3.04. The molecule has 3 aromatic rings. The van der Waals surface area contributed by atoms with E-state index in [9.17, 15) is 19.7 Å². The maximum atomic E-state index is 12.1. The predicted molar refractivity (Wildman–Crippen MR) is 104 cm³/mol. The predicted octanol–water partition coefficient (Wildman–Crippen LogP) is 4.34. The van der Waals surface area contributed by atoms with Gasteiger partial charge in [0.15, 0.2) is 12.9 Å². The Kier molecular flexibility index (Phi) is 5.46. The lowest BCUT2D eigenvalue weighted by Gasteiger charge is -2.11. The number of benzene rings is 3. The minimum Gasteiger partial charge on any atom is -0.483 e. The van der Waals surface area contributed by atoms with Crippen molar-refractivity contribution in [1.29, 1.82) is 0 Å². The van der Waals surface area contributed by atoms with Gasteiger partial charge in [0.05, 0.1) is 16.2 Å². The summed E-state index contributed by atoms with van der Waals surface area (Å²) in [6.45, 7) is -0.317. The van der Waals surface area contributed by atoms with Gasteiger partial charge in [-0.1, -0.05) is 30.3 Å². The van der Waals surface area contributed by atoms with Gasteiger partial charge in [-0.2, -0.15) is 0 Å². The van der Waals surface area contributed by atoms with E-state index in [1.54, 1.807) is 12.1 Å². The lowest BCUT2D eigenvalue weighted by molar-refractivity contribution is -0.384. The van der Waals surface area contributed by atoms with Crippen LogP contribution < -0.4 is 10.1 Å². The summed E-state index contributed by atoms with van der Waals surface area (Å²) < 4.78 is 5.88. The molecular weight excluding hydrogens is 416 g/mol. The average molecular weight is 429 g/mol. The molecular formula is C19H13BrN2O5. The third-order valence-electron chi connectivity index (χ3n) is 3.84. The summed E-state index contributed by atoms with van der Waals surface area (Å²) in [5.41, 5.74) is 0.656. The number of fused-ring (bicyclic) bond motifs is 1. The van der Waals surface area contributed by atoms with E-state index in [1.165, 1.54) is 18.2 Å². The number of anilines is 1. The standard InChI is InChI=1S/C19H13BrN2O5/c20-16-9-13(22(25)26)6-7-17(16)21-19(24)11-27-18-8-5-12-3-1-2-4-14(12)15(18)10-23/h1-10H,11H2,(H,21,24). The highest BCUT2D eigenvalue weighted by Crippen LogP contribution is 2.28. The zero-order chi connectivity index (χ0) is 19.4. The maximum absolute atomic E-state index is 12.1. The second-order valence-corrected chi connectivity index (χ2v) is 6.43. The Morgan fingerprint density at radius 1 is 1.19 bits per heavy atom. The fraction of sp³-hybridized carbons (Fsp3) is 0.0526. The summed E-state index contributed by atoms with van der Waals surface area (Å²) in [7, 11) is 0. The highest BCUT2D eigenvalue weighted by atomic mass is 79.9. The largest absolute Gasteiger partial charge is 0.483 e. The third kappa shape index (κ3) is 4.12. The molecule has 3 rings (SSSR count).